The minimum absolute atomic E-state index is 0.0140. The Bertz CT molecular complexity index is 1510. The number of halogens is 3. The average Bonchev–Trinajstić information content (AvgIpc) is 2.97. The van der Waals surface area contributed by atoms with Crippen LogP contribution in [-0.2, 0) is 26.2 Å². The molecular formula is C31H34Cl2FN3O4S. The summed E-state index contributed by atoms with van der Waals surface area (Å²) in [5.41, 5.74) is 1.47. The summed E-state index contributed by atoms with van der Waals surface area (Å²) in [6, 6.07) is 15.4. The maximum atomic E-state index is 14.1. The van der Waals surface area contributed by atoms with Crippen molar-refractivity contribution in [1.29, 1.82) is 0 Å². The van der Waals surface area contributed by atoms with Crippen molar-refractivity contribution in [2.24, 2.45) is 0 Å². The molecule has 0 spiro atoms. The molecule has 1 unspecified atom stereocenters. The number of benzene rings is 3. The summed E-state index contributed by atoms with van der Waals surface area (Å²) in [7, 11) is -4.29. The lowest BCUT2D eigenvalue weighted by Crippen LogP contribution is -2.53. The lowest BCUT2D eigenvalue weighted by Gasteiger charge is -2.33. The molecule has 3 aromatic carbocycles. The van der Waals surface area contributed by atoms with Crippen LogP contribution < -0.4 is 9.62 Å². The van der Waals surface area contributed by atoms with Gasteiger partial charge in [0.05, 0.1) is 20.6 Å². The molecule has 42 heavy (non-hydrogen) atoms. The molecule has 1 N–H and O–H groups in total. The Morgan fingerprint density at radius 1 is 0.976 bits per heavy atom. The fourth-order valence-electron chi connectivity index (χ4n) is 4.97. The Kier molecular flexibility index (Phi) is 10.5. The highest BCUT2D eigenvalue weighted by Gasteiger charge is 2.34. The van der Waals surface area contributed by atoms with E-state index in [9.17, 15) is 22.4 Å². The van der Waals surface area contributed by atoms with Crippen LogP contribution in [0.25, 0.3) is 0 Å². The van der Waals surface area contributed by atoms with E-state index in [2.05, 4.69) is 5.32 Å². The Hall–Kier alpha value is -3.14. The molecule has 0 heterocycles. The van der Waals surface area contributed by atoms with Crippen LogP contribution in [0.4, 0.5) is 10.1 Å². The fourth-order valence-corrected chi connectivity index (χ4v) is 6.85. The van der Waals surface area contributed by atoms with E-state index in [1.165, 1.54) is 53.4 Å². The van der Waals surface area contributed by atoms with E-state index in [4.69, 9.17) is 23.2 Å². The van der Waals surface area contributed by atoms with Crippen LogP contribution in [0.1, 0.15) is 50.2 Å². The molecule has 1 saturated carbocycles. The number of aryl methyl sites for hydroxylation is 1. The van der Waals surface area contributed by atoms with Crippen molar-refractivity contribution in [3.05, 3.63) is 93.7 Å². The number of nitrogens with one attached hydrogen (secondary N) is 1. The second-order valence-electron chi connectivity index (χ2n) is 10.6. The Balaban J connectivity index is 1.70. The van der Waals surface area contributed by atoms with Crippen LogP contribution in [-0.4, -0.2) is 43.8 Å². The van der Waals surface area contributed by atoms with Crippen molar-refractivity contribution < 1.29 is 22.4 Å². The van der Waals surface area contributed by atoms with Crippen molar-refractivity contribution in [2.45, 2.75) is 69.5 Å². The maximum Gasteiger partial charge on any atom is 0.264 e. The summed E-state index contributed by atoms with van der Waals surface area (Å²) < 4.78 is 42.5. The summed E-state index contributed by atoms with van der Waals surface area (Å²) in [4.78, 5) is 28.7. The van der Waals surface area contributed by atoms with Gasteiger partial charge in [-0.2, -0.15) is 0 Å². The molecule has 0 aliphatic heterocycles. The summed E-state index contributed by atoms with van der Waals surface area (Å²) in [6.45, 7) is 2.74. The van der Waals surface area contributed by atoms with Crippen LogP contribution in [0.2, 0.25) is 10.0 Å². The SMILES string of the molecule is Cc1ccc(S(=O)(=O)N(CC(=O)N(Cc2ccc(F)cc2)C(C)C(=O)NC2CCCCC2)c2cccc(Cl)c2Cl)cc1. The smallest absolute Gasteiger partial charge is 0.264 e. The van der Waals surface area contributed by atoms with Crippen LogP contribution >= 0.6 is 23.2 Å². The molecule has 7 nitrogen and oxygen atoms in total. The molecule has 224 valence electrons. The van der Waals surface area contributed by atoms with E-state index in [1.807, 2.05) is 6.92 Å². The number of anilines is 1. The largest absolute Gasteiger partial charge is 0.352 e. The van der Waals surface area contributed by atoms with Crippen LogP contribution in [0, 0.1) is 12.7 Å². The van der Waals surface area contributed by atoms with Gasteiger partial charge in [0.2, 0.25) is 11.8 Å². The van der Waals surface area contributed by atoms with Crippen LogP contribution in [0.5, 0.6) is 0 Å². The van der Waals surface area contributed by atoms with Crippen molar-refractivity contribution in [3.8, 4) is 0 Å². The summed E-state index contributed by atoms with van der Waals surface area (Å²) in [5, 5.41) is 3.14. The molecule has 2 amide bonds. The first-order valence-electron chi connectivity index (χ1n) is 13.8. The van der Waals surface area contributed by atoms with Gasteiger partial charge >= 0.3 is 0 Å². The zero-order chi connectivity index (χ0) is 30.4. The Morgan fingerprint density at radius 3 is 2.26 bits per heavy atom. The van der Waals surface area contributed by atoms with E-state index >= 15 is 0 Å². The highest BCUT2D eigenvalue weighted by Crippen LogP contribution is 2.35. The maximum absolute atomic E-state index is 14.1. The van der Waals surface area contributed by atoms with Crippen molar-refractivity contribution in [2.75, 3.05) is 10.8 Å². The first kappa shape index (κ1) is 31.8. The minimum Gasteiger partial charge on any atom is -0.352 e. The first-order valence-corrected chi connectivity index (χ1v) is 16.0. The fraction of sp³-hybridized carbons (Fsp3) is 0.355. The Labute approximate surface area is 256 Å². The highest BCUT2D eigenvalue weighted by molar-refractivity contribution is 7.92. The molecule has 4 rings (SSSR count). The molecule has 1 fully saturated rings. The van der Waals surface area contributed by atoms with Gasteiger partial charge in [0.15, 0.2) is 0 Å². The van der Waals surface area contributed by atoms with Crippen molar-refractivity contribution in [1.82, 2.24) is 10.2 Å². The summed E-state index contributed by atoms with van der Waals surface area (Å²) >= 11 is 12.7. The van der Waals surface area contributed by atoms with Gasteiger partial charge < -0.3 is 10.2 Å². The third kappa shape index (κ3) is 7.62. The normalized spacial score (nSPS) is 14.7. The van der Waals surface area contributed by atoms with Gasteiger partial charge in [0, 0.05) is 12.6 Å². The molecule has 0 bridgehead atoms. The van der Waals surface area contributed by atoms with Crippen LogP contribution in [0.3, 0.4) is 0 Å². The summed E-state index contributed by atoms with van der Waals surface area (Å²) in [6.07, 6.45) is 4.88. The number of carbonyl (C=O) groups is 2. The molecule has 1 aliphatic rings. The molecule has 0 radical (unpaired) electrons. The number of carbonyl (C=O) groups excluding carboxylic acids is 2. The van der Waals surface area contributed by atoms with E-state index in [1.54, 1.807) is 25.1 Å². The molecule has 11 heteroatoms. The average molecular weight is 635 g/mol. The zero-order valence-corrected chi connectivity index (χ0v) is 25.9. The van der Waals surface area contributed by atoms with E-state index in [0.717, 1.165) is 42.0 Å². The van der Waals surface area contributed by atoms with Gasteiger partial charge in [-0.15, -0.1) is 0 Å². The number of hydrogen-bond donors (Lipinski definition) is 1. The number of amides is 2. The van der Waals surface area contributed by atoms with E-state index < -0.39 is 34.3 Å². The summed E-state index contributed by atoms with van der Waals surface area (Å²) in [5.74, 6) is -1.42. The minimum atomic E-state index is -4.29. The third-order valence-corrected chi connectivity index (χ3v) is 10.1. The molecule has 3 aromatic rings. The topological polar surface area (TPSA) is 86.8 Å². The number of nitrogens with zero attached hydrogens (tertiary/aromatic N) is 2. The van der Waals surface area contributed by atoms with Gasteiger partial charge in [-0.3, -0.25) is 13.9 Å². The van der Waals surface area contributed by atoms with E-state index in [0.29, 0.717) is 5.56 Å². The van der Waals surface area contributed by atoms with Gasteiger partial charge in [-0.1, -0.05) is 78.4 Å². The second kappa shape index (κ2) is 13.9. The van der Waals surface area contributed by atoms with E-state index in [-0.39, 0.29) is 39.1 Å². The standard InChI is InChI=1S/C31H34Cl2FN3O4S/c1-21-11-17-26(18-12-21)42(40,41)37(28-10-6-9-27(32)30(28)33)20-29(38)36(19-23-13-15-24(34)16-14-23)22(2)31(39)35-25-7-4-3-5-8-25/h6,9-18,22,25H,3-5,7-8,19-20H2,1-2H3,(H,35,39). The lowest BCUT2D eigenvalue weighted by molar-refractivity contribution is -0.139. The second-order valence-corrected chi connectivity index (χ2v) is 13.2. The molecule has 1 atom stereocenters. The number of sulfonamides is 1. The number of rotatable bonds is 10. The third-order valence-electron chi connectivity index (χ3n) is 7.47. The number of hydrogen-bond acceptors (Lipinski definition) is 4. The van der Waals surface area contributed by atoms with Gasteiger partial charge in [0.1, 0.15) is 18.4 Å². The van der Waals surface area contributed by atoms with Gasteiger partial charge in [-0.05, 0) is 68.7 Å². The highest BCUT2D eigenvalue weighted by atomic mass is 35.5. The molecule has 0 saturated heterocycles. The first-order chi connectivity index (χ1) is 20.0. The molecule has 0 aromatic heterocycles. The molecule has 1 aliphatic carbocycles. The van der Waals surface area contributed by atoms with Gasteiger partial charge in [0.25, 0.3) is 10.0 Å². The quantitative estimate of drug-likeness (QED) is 0.276. The van der Waals surface area contributed by atoms with Crippen molar-refractivity contribution >= 4 is 50.7 Å². The van der Waals surface area contributed by atoms with Crippen molar-refractivity contribution in [3.63, 3.8) is 0 Å². The lowest BCUT2D eigenvalue weighted by atomic mass is 9.95. The Morgan fingerprint density at radius 2 is 1.62 bits per heavy atom. The predicted molar refractivity (Wildman–Crippen MR) is 164 cm³/mol. The monoisotopic (exact) mass is 633 g/mol. The van der Waals surface area contributed by atoms with Gasteiger partial charge in [-0.25, -0.2) is 12.8 Å². The zero-order valence-electron chi connectivity index (χ0n) is 23.5. The predicted octanol–water partition coefficient (Wildman–Crippen LogP) is 6.50. The molecular weight excluding hydrogens is 600 g/mol. The van der Waals surface area contributed by atoms with Crippen LogP contribution in [0.15, 0.2) is 71.6 Å².